The zero-order valence-corrected chi connectivity index (χ0v) is 11.3. The molecule has 19 heavy (non-hydrogen) atoms. The van der Waals surface area contributed by atoms with Gasteiger partial charge in [-0.3, -0.25) is 0 Å². The van der Waals surface area contributed by atoms with Gasteiger partial charge in [0.15, 0.2) is 5.69 Å². The van der Waals surface area contributed by atoms with Crippen molar-refractivity contribution in [2.75, 3.05) is 18.1 Å². The van der Waals surface area contributed by atoms with E-state index in [1.54, 1.807) is 6.92 Å². The largest absolute Gasteiger partial charge is 0.461 e. The molecule has 3 rings (SSSR count). The molecular formula is C14H20N2O3. The van der Waals surface area contributed by atoms with Gasteiger partial charge < -0.3 is 14.1 Å². The first-order valence-corrected chi connectivity index (χ1v) is 7.19. The number of fused-ring (bicyclic) bond motifs is 1. The van der Waals surface area contributed by atoms with Crippen LogP contribution in [-0.4, -0.2) is 30.1 Å². The Hall–Kier alpha value is -1.52. The van der Waals surface area contributed by atoms with Crippen LogP contribution in [0, 0.1) is 5.92 Å². The van der Waals surface area contributed by atoms with E-state index in [0.717, 1.165) is 12.5 Å². The average molecular weight is 264 g/mol. The first-order chi connectivity index (χ1) is 9.29. The Morgan fingerprint density at radius 2 is 2.32 bits per heavy atom. The molecule has 0 bridgehead atoms. The van der Waals surface area contributed by atoms with Crippen LogP contribution >= 0.6 is 0 Å². The average Bonchev–Trinajstić information content (AvgIpc) is 3.05. The van der Waals surface area contributed by atoms with E-state index in [0.29, 0.717) is 18.7 Å². The van der Waals surface area contributed by atoms with E-state index in [1.165, 1.54) is 38.4 Å². The Labute approximate surface area is 112 Å². The van der Waals surface area contributed by atoms with Crippen LogP contribution in [0.4, 0.5) is 6.01 Å². The number of ether oxygens (including phenoxy) is 1. The molecule has 2 atom stereocenters. The Balaban J connectivity index is 1.74. The zero-order chi connectivity index (χ0) is 13.2. The summed E-state index contributed by atoms with van der Waals surface area (Å²) in [5.41, 5.74) is 0.274. The van der Waals surface area contributed by atoms with E-state index in [-0.39, 0.29) is 5.69 Å². The van der Waals surface area contributed by atoms with E-state index >= 15 is 0 Å². The lowest BCUT2D eigenvalue weighted by Crippen LogP contribution is -2.34. The molecule has 0 spiro atoms. The van der Waals surface area contributed by atoms with Crippen molar-refractivity contribution in [2.45, 2.75) is 45.1 Å². The van der Waals surface area contributed by atoms with Crippen LogP contribution in [0.15, 0.2) is 10.7 Å². The van der Waals surface area contributed by atoms with Crippen LogP contribution in [0.25, 0.3) is 0 Å². The van der Waals surface area contributed by atoms with E-state index < -0.39 is 5.97 Å². The van der Waals surface area contributed by atoms with E-state index in [9.17, 15) is 4.79 Å². The third-order valence-electron chi connectivity index (χ3n) is 4.23. The van der Waals surface area contributed by atoms with Gasteiger partial charge in [-0.25, -0.2) is 4.79 Å². The summed E-state index contributed by atoms with van der Waals surface area (Å²) in [6.07, 6.45) is 7.76. The van der Waals surface area contributed by atoms with Gasteiger partial charge in [0.1, 0.15) is 6.26 Å². The van der Waals surface area contributed by atoms with Gasteiger partial charge in [0, 0.05) is 12.6 Å². The second kappa shape index (κ2) is 5.23. The van der Waals surface area contributed by atoms with Crippen molar-refractivity contribution < 1.29 is 13.9 Å². The van der Waals surface area contributed by atoms with E-state index in [4.69, 9.17) is 9.15 Å². The van der Waals surface area contributed by atoms with Crippen LogP contribution in [0.2, 0.25) is 0 Å². The van der Waals surface area contributed by atoms with Crippen LogP contribution in [0.5, 0.6) is 0 Å². The molecule has 0 N–H and O–H groups in total. The number of aromatic nitrogens is 1. The SMILES string of the molecule is CCOC(=O)c1coc(N2CCC3CCCCC32)n1. The summed E-state index contributed by atoms with van der Waals surface area (Å²) in [5.74, 6) is 0.364. The van der Waals surface area contributed by atoms with Crippen molar-refractivity contribution in [2.24, 2.45) is 5.92 Å². The number of rotatable bonds is 3. The quantitative estimate of drug-likeness (QED) is 0.785. The molecule has 5 nitrogen and oxygen atoms in total. The Morgan fingerprint density at radius 3 is 3.16 bits per heavy atom. The molecule has 1 saturated heterocycles. The lowest BCUT2D eigenvalue weighted by molar-refractivity contribution is 0.0519. The number of hydrogen-bond acceptors (Lipinski definition) is 5. The van der Waals surface area contributed by atoms with E-state index in [2.05, 4.69) is 9.88 Å². The van der Waals surface area contributed by atoms with Crippen molar-refractivity contribution in [1.29, 1.82) is 0 Å². The number of oxazole rings is 1. The minimum atomic E-state index is -0.406. The first kappa shape index (κ1) is 12.5. The van der Waals surface area contributed by atoms with Crippen molar-refractivity contribution in [3.8, 4) is 0 Å². The molecule has 2 unspecified atom stereocenters. The van der Waals surface area contributed by atoms with Gasteiger partial charge in [-0.15, -0.1) is 0 Å². The molecule has 1 aromatic rings. The topological polar surface area (TPSA) is 55.6 Å². The van der Waals surface area contributed by atoms with Gasteiger partial charge in [-0.1, -0.05) is 12.8 Å². The smallest absolute Gasteiger partial charge is 0.360 e. The Morgan fingerprint density at radius 1 is 1.47 bits per heavy atom. The lowest BCUT2D eigenvalue weighted by atomic mass is 9.85. The number of nitrogens with zero attached hydrogens (tertiary/aromatic N) is 2. The van der Waals surface area contributed by atoms with Gasteiger partial charge >= 0.3 is 5.97 Å². The van der Waals surface area contributed by atoms with Crippen LogP contribution < -0.4 is 4.90 Å². The molecule has 1 aromatic heterocycles. The summed E-state index contributed by atoms with van der Waals surface area (Å²) >= 11 is 0. The highest BCUT2D eigenvalue weighted by atomic mass is 16.5. The maximum atomic E-state index is 11.6. The van der Waals surface area contributed by atoms with Crippen LogP contribution in [0.1, 0.15) is 49.5 Å². The van der Waals surface area contributed by atoms with Crippen LogP contribution in [-0.2, 0) is 4.74 Å². The normalized spacial score (nSPS) is 26.3. The minimum absolute atomic E-state index is 0.274. The first-order valence-electron chi connectivity index (χ1n) is 7.19. The van der Waals surface area contributed by atoms with Crippen molar-refractivity contribution >= 4 is 12.0 Å². The van der Waals surface area contributed by atoms with Gasteiger partial charge in [0.2, 0.25) is 0 Å². The second-order valence-electron chi connectivity index (χ2n) is 5.33. The fourth-order valence-electron chi connectivity index (χ4n) is 3.34. The summed E-state index contributed by atoms with van der Waals surface area (Å²) in [7, 11) is 0. The molecule has 1 saturated carbocycles. The maximum Gasteiger partial charge on any atom is 0.360 e. The maximum absolute atomic E-state index is 11.6. The highest BCUT2D eigenvalue weighted by Crippen LogP contribution is 2.38. The summed E-state index contributed by atoms with van der Waals surface area (Å²) in [6, 6.07) is 1.12. The monoisotopic (exact) mass is 264 g/mol. The number of carbonyl (C=O) groups excluding carboxylic acids is 1. The van der Waals surface area contributed by atoms with Crippen molar-refractivity contribution in [3.05, 3.63) is 12.0 Å². The lowest BCUT2D eigenvalue weighted by Gasteiger charge is -2.30. The standard InChI is InChI=1S/C14H20N2O3/c1-2-18-13(17)11-9-19-14(15-11)16-8-7-10-5-3-4-6-12(10)16/h9-10,12H,2-8H2,1H3. The molecular weight excluding hydrogens is 244 g/mol. The molecule has 104 valence electrons. The number of hydrogen-bond donors (Lipinski definition) is 0. The van der Waals surface area contributed by atoms with Crippen LogP contribution in [0.3, 0.4) is 0 Å². The Kier molecular flexibility index (Phi) is 3.44. The minimum Gasteiger partial charge on any atom is -0.461 e. The molecule has 2 aliphatic rings. The molecule has 0 amide bonds. The molecule has 1 aliphatic carbocycles. The molecule has 1 aliphatic heterocycles. The predicted octanol–water partition coefficient (Wildman–Crippen LogP) is 2.62. The fourth-order valence-corrected chi connectivity index (χ4v) is 3.34. The van der Waals surface area contributed by atoms with Gasteiger partial charge in [0.05, 0.1) is 6.61 Å². The summed E-state index contributed by atoms with van der Waals surface area (Å²) in [4.78, 5) is 18.1. The molecule has 5 heteroatoms. The van der Waals surface area contributed by atoms with Gasteiger partial charge in [0.25, 0.3) is 6.01 Å². The van der Waals surface area contributed by atoms with Crippen molar-refractivity contribution in [3.63, 3.8) is 0 Å². The van der Waals surface area contributed by atoms with Gasteiger partial charge in [-0.2, -0.15) is 4.98 Å². The Bertz CT molecular complexity index is 457. The number of esters is 1. The molecule has 0 aromatic carbocycles. The van der Waals surface area contributed by atoms with E-state index in [1.807, 2.05) is 0 Å². The third-order valence-corrected chi connectivity index (χ3v) is 4.23. The number of anilines is 1. The number of carbonyl (C=O) groups is 1. The molecule has 2 heterocycles. The highest BCUT2D eigenvalue weighted by Gasteiger charge is 2.37. The summed E-state index contributed by atoms with van der Waals surface area (Å²) in [5, 5.41) is 0. The molecule has 0 radical (unpaired) electrons. The molecule has 2 fully saturated rings. The van der Waals surface area contributed by atoms with Gasteiger partial charge in [-0.05, 0) is 32.1 Å². The predicted molar refractivity (Wildman–Crippen MR) is 70.2 cm³/mol. The fraction of sp³-hybridized carbons (Fsp3) is 0.714. The second-order valence-corrected chi connectivity index (χ2v) is 5.33. The zero-order valence-electron chi connectivity index (χ0n) is 11.3. The summed E-state index contributed by atoms with van der Waals surface area (Å²) in [6.45, 7) is 3.12. The highest BCUT2D eigenvalue weighted by molar-refractivity contribution is 5.87. The van der Waals surface area contributed by atoms with Crippen molar-refractivity contribution in [1.82, 2.24) is 4.98 Å². The third kappa shape index (κ3) is 2.33. The summed E-state index contributed by atoms with van der Waals surface area (Å²) < 4.78 is 10.4.